The largest absolute Gasteiger partial charge is 0.355 e. The van der Waals surface area contributed by atoms with E-state index >= 15 is 0 Å². The first kappa shape index (κ1) is 27.9. The van der Waals surface area contributed by atoms with Crippen LogP contribution in [0, 0.1) is 29.6 Å². The van der Waals surface area contributed by atoms with Gasteiger partial charge in [-0.15, -0.1) is 11.3 Å². The van der Waals surface area contributed by atoms with Crippen molar-refractivity contribution in [3.8, 4) is 33.8 Å². The number of hydrogen-bond donors (Lipinski definition) is 0. The number of aromatic nitrogens is 2. The Balaban J connectivity index is 1.49. The summed E-state index contributed by atoms with van der Waals surface area (Å²) in [5.41, 5.74) is 7.14. The summed E-state index contributed by atoms with van der Waals surface area (Å²) in [6, 6.07) is 21.6. The van der Waals surface area contributed by atoms with Crippen LogP contribution in [0.3, 0.4) is 0 Å². The Morgan fingerprint density at radius 2 is 1.60 bits per heavy atom. The van der Waals surface area contributed by atoms with Crippen molar-refractivity contribution in [3.05, 3.63) is 81.9 Å². The Bertz CT molecular complexity index is 1540. The number of hydrogen-bond acceptors (Lipinski definition) is 7. The van der Waals surface area contributed by atoms with Crippen molar-refractivity contribution in [1.29, 1.82) is 10.5 Å². The third-order valence-corrected chi connectivity index (χ3v) is 9.24. The zero-order valence-electron chi connectivity index (χ0n) is 23.1. The van der Waals surface area contributed by atoms with Gasteiger partial charge in [-0.25, -0.2) is 9.97 Å². The van der Waals surface area contributed by atoms with Gasteiger partial charge >= 0.3 is 0 Å². The van der Waals surface area contributed by atoms with Crippen LogP contribution < -0.4 is 4.90 Å². The maximum atomic E-state index is 10.4. The molecule has 1 aliphatic rings. The minimum absolute atomic E-state index is 0.470. The number of pyridine rings is 1. The molecule has 5 nitrogen and oxygen atoms in total. The van der Waals surface area contributed by atoms with Gasteiger partial charge in [-0.2, -0.15) is 10.5 Å². The third kappa shape index (κ3) is 6.22. The second-order valence-electron chi connectivity index (χ2n) is 10.2. The van der Waals surface area contributed by atoms with Gasteiger partial charge in [-0.1, -0.05) is 85.6 Å². The maximum Gasteiger partial charge on any atom is 0.148 e. The smallest absolute Gasteiger partial charge is 0.148 e. The predicted molar refractivity (Wildman–Crippen MR) is 166 cm³/mol. The summed E-state index contributed by atoms with van der Waals surface area (Å²) in [6.45, 7) is 6.04. The average Bonchev–Trinajstić information content (AvgIpc) is 3.69. The highest BCUT2D eigenvalue weighted by Gasteiger charge is 2.26. The Morgan fingerprint density at radius 1 is 0.900 bits per heavy atom. The molecule has 2 aromatic heterocycles. The van der Waals surface area contributed by atoms with Crippen molar-refractivity contribution in [2.24, 2.45) is 0 Å². The number of aryl methyl sites for hydroxylation is 2. The first-order valence-corrected chi connectivity index (χ1v) is 15.8. The number of unbranched alkanes of at least 4 members (excludes halogenated alkanes) is 2. The van der Waals surface area contributed by atoms with Crippen LogP contribution in [0.25, 0.3) is 21.7 Å². The van der Waals surface area contributed by atoms with Crippen LogP contribution in [0.2, 0.25) is 0 Å². The number of thioether (sulfide) groups is 1. The highest BCUT2D eigenvalue weighted by Crippen LogP contribution is 2.40. The highest BCUT2D eigenvalue weighted by molar-refractivity contribution is 7.98. The first-order chi connectivity index (χ1) is 19.6. The zero-order valence-corrected chi connectivity index (χ0v) is 24.7. The lowest BCUT2D eigenvalue weighted by atomic mass is 9.95. The summed E-state index contributed by atoms with van der Waals surface area (Å²) >= 11 is 3.16. The summed E-state index contributed by atoms with van der Waals surface area (Å²) in [5.74, 6) is 1.30. The maximum absolute atomic E-state index is 10.4. The van der Waals surface area contributed by atoms with Gasteiger partial charge in [0.2, 0.25) is 0 Å². The molecular formula is C33H33N5S2. The van der Waals surface area contributed by atoms with E-state index in [4.69, 9.17) is 9.97 Å². The van der Waals surface area contributed by atoms with Gasteiger partial charge in [0.15, 0.2) is 0 Å². The predicted octanol–water partition coefficient (Wildman–Crippen LogP) is 8.55. The normalized spacial score (nSPS) is 12.8. The van der Waals surface area contributed by atoms with E-state index in [0.29, 0.717) is 33.3 Å². The lowest BCUT2D eigenvalue weighted by Gasteiger charge is -2.22. The van der Waals surface area contributed by atoms with Gasteiger partial charge in [0.05, 0.1) is 11.3 Å². The number of nitriles is 2. The monoisotopic (exact) mass is 563 g/mol. The lowest BCUT2D eigenvalue weighted by Crippen LogP contribution is -2.21. The van der Waals surface area contributed by atoms with Crippen LogP contribution in [0.4, 0.5) is 5.82 Å². The standard InChI is InChI=1S/C33H33N5S2/c1-3-4-5-8-24-11-15-25(16-12-24)30-28(19-34)31(38-17-6-7-18-38)37-33(29(30)20-35)40-22-27-21-39-32(36-27)26-13-9-23(2)10-14-26/h9-16,21H,3-8,17-18,22H2,1-2H3. The molecule has 2 aromatic carbocycles. The van der Waals surface area contributed by atoms with Gasteiger partial charge in [0.1, 0.15) is 33.6 Å². The van der Waals surface area contributed by atoms with Gasteiger partial charge in [-0.05, 0) is 43.7 Å². The zero-order chi connectivity index (χ0) is 27.9. The van der Waals surface area contributed by atoms with Crippen molar-refractivity contribution in [2.45, 2.75) is 63.2 Å². The number of rotatable bonds is 10. The summed E-state index contributed by atoms with van der Waals surface area (Å²) in [5, 5.41) is 24.4. The van der Waals surface area contributed by atoms with E-state index in [9.17, 15) is 10.5 Å². The summed E-state index contributed by atoms with van der Waals surface area (Å²) in [4.78, 5) is 12.0. The molecule has 0 saturated carbocycles. The summed E-state index contributed by atoms with van der Waals surface area (Å²) in [7, 11) is 0. The molecule has 3 heterocycles. The quantitative estimate of drug-likeness (QED) is 0.142. The molecule has 4 aromatic rings. The van der Waals surface area contributed by atoms with Crippen molar-refractivity contribution in [2.75, 3.05) is 18.0 Å². The molecule has 202 valence electrons. The van der Waals surface area contributed by atoms with Gasteiger partial charge in [-0.3, -0.25) is 0 Å². The lowest BCUT2D eigenvalue weighted by molar-refractivity contribution is 0.717. The SMILES string of the molecule is CCCCCc1ccc(-c2c(C#N)c(SCc3csc(-c4ccc(C)cc4)n3)nc(N3CCCC3)c2C#N)cc1. The molecule has 1 saturated heterocycles. The van der Waals surface area contributed by atoms with Crippen molar-refractivity contribution in [3.63, 3.8) is 0 Å². The molecule has 0 bridgehead atoms. The molecule has 1 fully saturated rings. The van der Waals surface area contributed by atoms with Crippen molar-refractivity contribution in [1.82, 2.24) is 9.97 Å². The molecule has 0 N–H and O–H groups in total. The minimum Gasteiger partial charge on any atom is -0.355 e. The molecule has 0 atom stereocenters. The summed E-state index contributed by atoms with van der Waals surface area (Å²) in [6.07, 6.45) is 6.78. The third-order valence-electron chi connectivity index (χ3n) is 7.29. The van der Waals surface area contributed by atoms with E-state index < -0.39 is 0 Å². The van der Waals surface area contributed by atoms with Gasteiger partial charge in [0, 0.05) is 35.3 Å². The highest BCUT2D eigenvalue weighted by atomic mass is 32.2. The molecule has 0 radical (unpaired) electrons. The average molecular weight is 564 g/mol. The topological polar surface area (TPSA) is 76.6 Å². The molecule has 5 rings (SSSR count). The van der Waals surface area contributed by atoms with E-state index in [0.717, 1.165) is 54.2 Å². The molecule has 7 heteroatoms. The summed E-state index contributed by atoms with van der Waals surface area (Å²) < 4.78 is 0. The fourth-order valence-electron chi connectivity index (χ4n) is 5.07. The van der Waals surface area contributed by atoms with Gasteiger partial charge < -0.3 is 4.90 Å². The second kappa shape index (κ2) is 13.1. The van der Waals surface area contributed by atoms with Crippen LogP contribution >= 0.6 is 23.1 Å². The van der Waals surface area contributed by atoms with Crippen LogP contribution in [0.1, 0.15) is 67.0 Å². The van der Waals surface area contributed by atoms with E-state index in [1.165, 1.54) is 42.2 Å². The molecule has 40 heavy (non-hydrogen) atoms. The Labute approximate surface area is 245 Å². The van der Waals surface area contributed by atoms with E-state index in [2.05, 4.69) is 84.8 Å². The fraction of sp³-hybridized carbons (Fsp3) is 0.333. The Morgan fingerprint density at radius 3 is 2.27 bits per heavy atom. The van der Waals surface area contributed by atoms with E-state index in [-0.39, 0.29) is 0 Å². The molecule has 0 aliphatic carbocycles. The number of benzene rings is 2. The van der Waals surface area contributed by atoms with E-state index in [1.54, 1.807) is 11.3 Å². The van der Waals surface area contributed by atoms with Gasteiger partial charge in [0.25, 0.3) is 0 Å². The molecule has 0 spiro atoms. The molecular weight excluding hydrogens is 531 g/mol. The molecule has 0 amide bonds. The van der Waals surface area contributed by atoms with Crippen LogP contribution in [-0.4, -0.2) is 23.1 Å². The molecule has 1 aliphatic heterocycles. The second-order valence-corrected chi connectivity index (χ2v) is 12.1. The number of thiazole rings is 1. The number of anilines is 1. The fourth-order valence-corrected chi connectivity index (χ4v) is 6.88. The van der Waals surface area contributed by atoms with Crippen LogP contribution in [0.5, 0.6) is 0 Å². The van der Waals surface area contributed by atoms with Crippen LogP contribution in [-0.2, 0) is 12.2 Å². The minimum atomic E-state index is 0.470. The van der Waals surface area contributed by atoms with Crippen molar-refractivity contribution >= 4 is 28.9 Å². The van der Waals surface area contributed by atoms with E-state index in [1.807, 2.05) is 0 Å². The first-order valence-electron chi connectivity index (χ1n) is 14.0. The Kier molecular flexibility index (Phi) is 9.16. The van der Waals surface area contributed by atoms with Crippen LogP contribution in [0.15, 0.2) is 58.9 Å². The van der Waals surface area contributed by atoms with Crippen molar-refractivity contribution < 1.29 is 0 Å². The number of nitrogens with zero attached hydrogens (tertiary/aromatic N) is 5. The Hall–Kier alpha value is -3.65. The molecule has 0 unspecified atom stereocenters.